The molecule has 2 N–H and O–H groups in total. The molecule has 5 heteroatoms. The Morgan fingerprint density at radius 3 is 2.89 bits per heavy atom. The summed E-state index contributed by atoms with van der Waals surface area (Å²) in [7, 11) is 0. The second-order valence-corrected chi connectivity index (χ2v) is 5.08. The lowest BCUT2D eigenvalue weighted by atomic mass is 9.95. The van der Waals surface area contributed by atoms with Crippen molar-refractivity contribution in [3.8, 4) is 0 Å². The van der Waals surface area contributed by atoms with Crippen LogP contribution in [0.5, 0.6) is 0 Å². The maximum absolute atomic E-state index is 11.4. The number of anilines is 1. The first-order chi connectivity index (χ1) is 9.20. The van der Waals surface area contributed by atoms with E-state index < -0.39 is 5.97 Å². The number of aliphatic carboxylic acids is 1. The van der Waals surface area contributed by atoms with E-state index in [1.807, 2.05) is 13.0 Å². The lowest BCUT2D eigenvalue weighted by Crippen LogP contribution is -2.34. The molecule has 0 bridgehead atoms. The standard InChI is InChI=1S/C14H21N3O2/c1-2-10-8-13(16-9-15-10)17-12-7-5-3-4-6-11(12)14(18)19/h8-9,11-12H,2-7H2,1H3,(H,18,19)(H,15,16,17). The molecule has 19 heavy (non-hydrogen) atoms. The molecule has 0 aliphatic heterocycles. The van der Waals surface area contributed by atoms with Gasteiger partial charge in [0.05, 0.1) is 5.92 Å². The summed E-state index contributed by atoms with van der Waals surface area (Å²) in [6.45, 7) is 2.04. The number of aromatic nitrogens is 2. The zero-order valence-electron chi connectivity index (χ0n) is 11.3. The first-order valence-electron chi connectivity index (χ1n) is 7.01. The Hall–Kier alpha value is -1.65. The largest absolute Gasteiger partial charge is 0.481 e. The summed E-state index contributed by atoms with van der Waals surface area (Å²) < 4.78 is 0. The monoisotopic (exact) mass is 263 g/mol. The number of carbonyl (C=O) groups is 1. The van der Waals surface area contributed by atoms with Crippen LogP contribution in [0.2, 0.25) is 0 Å². The molecule has 2 rings (SSSR count). The Labute approximate surface area is 113 Å². The van der Waals surface area contributed by atoms with Crippen molar-refractivity contribution in [1.82, 2.24) is 9.97 Å². The van der Waals surface area contributed by atoms with Crippen LogP contribution in [0.15, 0.2) is 12.4 Å². The van der Waals surface area contributed by atoms with E-state index in [1.54, 1.807) is 0 Å². The maximum atomic E-state index is 11.4. The number of carboxylic acids is 1. The molecule has 1 aromatic heterocycles. The third-order valence-corrected chi connectivity index (χ3v) is 3.75. The Bertz CT molecular complexity index is 436. The Morgan fingerprint density at radius 2 is 2.16 bits per heavy atom. The van der Waals surface area contributed by atoms with Crippen LogP contribution in [0.25, 0.3) is 0 Å². The van der Waals surface area contributed by atoms with Gasteiger partial charge in [-0.2, -0.15) is 0 Å². The number of rotatable bonds is 4. The van der Waals surface area contributed by atoms with E-state index >= 15 is 0 Å². The van der Waals surface area contributed by atoms with Crippen molar-refractivity contribution in [1.29, 1.82) is 0 Å². The van der Waals surface area contributed by atoms with E-state index in [2.05, 4.69) is 15.3 Å². The molecule has 0 aromatic carbocycles. The van der Waals surface area contributed by atoms with Crippen LogP contribution in [0, 0.1) is 5.92 Å². The molecule has 5 nitrogen and oxygen atoms in total. The van der Waals surface area contributed by atoms with Crippen LogP contribution in [-0.2, 0) is 11.2 Å². The number of aryl methyl sites for hydroxylation is 1. The topological polar surface area (TPSA) is 75.1 Å². The molecule has 2 unspecified atom stereocenters. The summed E-state index contributed by atoms with van der Waals surface area (Å²) in [6, 6.07) is 1.88. The van der Waals surface area contributed by atoms with Gasteiger partial charge >= 0.3 is 5.97 Å². The van der Waals surface area contributed by atoms with E-state index in [0.29, 0.717) is 0 Å². The summed E-state index contributed by atoms with van der Waals surface area (Å²) in [5, 5.41) is 12.6. The van der Waals surface area contributed by atoms with Crippen molar-refractivity contribution < 1.29 is 9.90 Å². The van der Waals surface area contributed by atoms with Gasteiger partial charge in [0.2, 0.25) is 0 Å². The molecule has 104 valence electrons. The lowest BCUT2D eigenvalue weighted by molar-refractivity contribution is -0.142. The normalized spacial score (nSPS) is 23.6. The fraction of sp³-hybridized carbons (Fsp3) is 0.643. The maximum Gasteiger partial charge on any atom is 0.308 e. The number of carboxylic acid groups (broad SMARTS) is 1. The van der Waals surface area contributed by atoms with Crippen molar-refractivity contribution in [2.45, 2.75) is 51.5 Å². The number of nitrogens with one attached hydrogen (secondary N) is 1. The predicted molar refractivity (Wildman–Crippen MR) is 73.0 cm³/mol. The van der Waals surface area contributed by atoms with Crippen LogP contribution in [0.3, 0.4) is 0 Å². The van der Waals surface area contributed by atoms with Gasteiger partial charge < -0.3 is 10.4 Å². The molecular weight excluding hydrogens is 242 g/mol. The smallest absolute Gasteiger partial charge is 0.308 e. The van der Waals surface area contributed by atoms with Crippen molar-refractivity contribution >= 4 is 11.8 Å². The van der Waals surface area contributed by atoms with E-state index in [0.717, 1.165) is 50.0 Å². The number of nitrogens with zero attached hydrogens (tertiary/aromatic N) is 2. The fourth-order valence-electron chi connectivity index (χ4n) is 2.64. The number of hydrogen-bond acceptors (Lipinski definition) is 4. The molecule has 1 aliphatic carbocycles. The minimum absolute atomic E-state index is 0.0281. The molecule has 1 aromatic rings. The summed E-state index contributed by atoms with van der Waals surface area (Å²) in [5.41, 5.74) is 0.970. The van der Waals surface area contributed by atoms with Gasteiger partial charge in [-0.05, 0) is 19.3 Å². The average Bonchev–Trinajstić information content (AvgIpc) is 2.64. The van der Waals surface area contributed by atoms with Gasteiger partial charge in [-0.25, -0.2) is 9.97 Å². The molecule has 0 spiro atoms. The summed E-state index contributed by atoms with van der Waals surface area (Å²) in [4.78, 5) is 19.7. The van der Waals surface area contributed by atoms with Gasteiger partial charge in [-0.15, -0.1) is 0 Å². The molecule has 0 saturated heterocycles. The third kappa shape index (κ3) is 3.66. The SMILES string of the molecule is CCc1cc(NC2CCCCCC2C(=O)O)ncn1. The van der Waals surface area contributed by atoms with Crippen molar-refractivity contribution in [2.75, 3.05) is 5.32 Å². The highest BCUT2D eigenvalue weighted by Crippen LogP contribution is 2.26. The quantitative estimate of drug-likeness (QED) is 0.816. The second-order valence-electron chi connectivity index (χ2n) is 5.08. The van der Waals surface area contributed by atoms with E-state index in [1.165, 1.54) is 6.33 Å². The Kier molecular flexibility index (Phi) is 4.71. The van der Waals surface area contributed by atoms with Gasteiger partial charge in [0.15, 0.2) is 0 Å². The van der Waals surface area contributed by atoms with Gasteiger partial charge in [-0.1, -0.05) is 26.2 Å². The average molecular weight is 263 g/mol. The van der Waals surface area contributed by atoms with Gasteiger partial charge in [0.25, 0.3) is 0 Å². The zero-order chi connectivity index (χ0) is 13.7. The van der Waals surface area contributed by atoms with Crippen LogP contribution < -0.4 is 5.32 Å². The van der Waals surface area contributed by atoms with Gasteiger partial charge in [0.1, 0.15) is 12.1 Å². The van der Waals surface area contributed by atoms with E-state index in [-0.39, 0.29) is 12.0 Å². The summed E-state index contributed by atoms with van der Waals surface area (Å²) in [5.74, 6) is -0.281. The molecule has 2 atom stereocenters. The highest BCUT2D eigenvalue weighted by Gasteiger charge is 2.29. The molecule has 1 saturated carbocycles. The van der Waals surface area contributed by atoms with Crippen molar-refractivity contribution in [2.24, 2.45) is 5.92 Å². The van der Waals surface area contributed by atoms with Crippen LogP contribution in [0.1, 0.15) is 44.7 Å². The Morgan fingerprint density at radius 1 is 1.37 bits per heavy atom. The molecule has 0 radical (unpaired) electrons. The van der Waals surface area contributed by atoms with Crippen LogP contribution >= 0.6 is 0 Å². The molecule has 1 aliphatic rings. The van der Waals surface area contributed by atoms with Gasteiger partial charge in [0, 0.05) is 17.8 Å². The van der Waals surface area contributed by atoms with Gasteiger partial charge in [-0.3, -0.25) is 4.79 Å². The van der Waals surface area contributed by atoms with Crippen LogP contribution in [-0.4, -0.2) is 27.1 Å². The first-order valence-corrected chi connectivity index (χ1v) is 7.01. The minimum Gasteiger partial charge on any atom is -0.481 e. The summed E-state index contributed by atoms with van der Waals surface area (Å²) in [6.07, 6.45) is 7.22. The highest BCUT2D eigenvalue weighted by atomic mass is 16.4. The molecular formula is C14H21N3O2. The minimum atomic E-state index is -0.704. The highest BCUT2D eigenvalue weighted by molar-refractivity contribution is 5.71. The first kappa shape index (κ1) is 13.8. The second kappa shape index (κ2) is 6.50. The lowest BCUT2D eigenvalue weighted by Gasteiger charge is -2.23. The predicted octanol–water partition coefficient (Wildman–Crippen LogP) is 2.48. The van der Waals surface area contributed by atoms with E-state index in [4.69, 9.17) is 0 Å². The zero-order valence-corrected chi connectivity index (χ0v) is 11.3. The third-order valence-electron chi connectivity index (χ3n) is 3.75. The van der Waals surface area contributed by atoms with E-state index in [9.17, 15) is 9.90 Å². The van der Waals surface area contributed by atoms with Crippen molar-refractivity contribution in [3.05, 3.63) is 18.1 Å². The van der Waals surface area contributed by atoms with Crippen LogP contribution in [0.4, 0.5) is 5.82 Å². The summed E-state index contributed by atoms with van der Waals surface area (Å²) >= 11 is 0. The Balaban J connectivity index is 2.11. The fourth-order valence-corrected chi connectivity index (χ4v) is 2.64. The molecule has 1 heterocycles. The van der Waals surface area contributed by atoms with Crippen molar-refractivity contribution in [3.63, 3.8) is 0 Å². The molecule has 0 amide bonds. The number of hydrogen-bond donors (Lipinski definition) is 2. The molecule has 1 fully saturated rings.